The third-order valence-electron chi connectivity index (χ3n) is 5.10. The molecule has 1 saturated carbocycles. The standard InChI is InChI=1S/C22H26Cl2N4O2/c1-28(2)20-11-9-16(13-17(20)21(29)25-15-6-4-3-5-7-15)26-22(30)27-19-10-8-14(23)12-18(19)24/h8-13,15H,3-7H2,1-2H3,(H,25,29)(H2,26,27,30). The lowest BCUT2D eigenvalue weighted by molar-refractivity contribution is 0.0928. The first-order valence-corrected chi connectivity index (χ1v) is 10.7. The van der Waals surface area contributed by atoms with E-state index >= 15 is 0 Å². The van der Waals surface area contributed by atoms with Crippen LogP contribution in [0.3, 0.4) is 0 Å². The van der Waals surface area contributed by atoms with E-state index in [0.29, 0.717) is 27.0 Å². The highest BCUT2D eigenvalue weighted by atomic mass is 35.5. The van der Waals surface area contributed by atoms with Gasteiger partial charge in [-0.15, -0.1) is 0 Å². The molecule has 3 rings (SSSR count). The molecule has 0 aromatic heterocycles. The zero-order chi connectivity index (χ0) is 21.7. The molecule has 1 fully saturated rings. The lowest BCUT2D eigenvalue weighted by Gasteiger charge is -2.24. The van der Waals surface area contributed by atoms with Crippen molar-refractivity contribution in [2.75, 3.05) is 29.6 Å². The van der Waals surface area contributed by atoms with Crippen LogP contribution in [0.5, 0.6) is 0 Å². The van der Waals surface area contributed by atoms with Crippen LogP contribution in [-0.4, -0.2) is 32.1 Å². The van der Waals surface area contributed by atoms with Gasteiger partial charge in [-0.1, -0.05) is 42.5 Å². The minimum atomic E-state index is -0.463. The van der Waals surface area contributed by atoms with Gasteiger partial charge >= 0.3 is 6.03 Å². The Bertz CT molecular complexity index is 927. The number of halogens is 2. The minimum Gasteiger partial charge on any atom is -0.377 e. The molecular formula is C22H26Cl2N4O2. The van der Waals surface area contributed by atoms with Gasteiger partial charge in [-0.05, 0) is 49.2 Å². The molecule has 3 N–H and O–H groups in total. The fourth-order valence-electron chi connectivity index (χ4n) is 3.57. The number of carbonyl (C=O) groups excluding carboxylic acids is 2. The molecule has 0 radical (unpaired) electrons. The second kappa shape index (κ2) is 10.0. The van der Waals surface area contributed by atoms with Crippen molar-refractivity contribution in [2.24, 2.45) is 0 Å². The number of hydrogen-bond donors (Lipinski definition) is 3. The Morgan fingerprint density at radius 3 is 2.37 bits per heavy atom. The predicted molar refractivity (Wildman–Crippen MR) is 124 cm³/mol. The van der Waals surface area contributed by atoms with Crippen LogP contribution in [0, 0.1) is 0 Å². The van der Waals surface area contributed by atoms with Gasteiger partial charge < -0.3 is 20.9 Å². The molecule has 0 atom stereocenters. The molecule has 3 amide bonds. The Morgan fingerprint density at radius 2 is 1.70 bits per heavy atom. The maximum absolute atomic E-state index is 12.9. The molecule has 0 aliphatic heterocycles. The van der Waals surface area contributed by atoms with Crippen LogP contribution in [0.15, 0.2) is 36.4 Å². The van der Waals surface area contributed by atoms with Crippen molar-refractivity contribution in [3.8, 4) is 0 Å². The molecule has 160 valence electrons. The van der Waals surface area contributed by atoms with E-state index in [2.05, 4.69) is 16.0 Å². The summed E-state index contributed by atoms with van der Waals surface area (Å²) in [6.07, 6.45) is 5.51. The summed E-state index contributed by atoms with van der Waals surface area (Å²) in [5.74, 6) is -0.129. The fourth-order valence-corrected chi connectivity index (χ4v) is 4.03. The van der Waals surface area contributed by atoms with E-state index in [4.69, 9.17) is 23.2 Å². The zero-order valence-corrected chi connectivity index (χ0v) is 18.6. The first-order valence-electron chi connectivity index (χ1n) is 9.99. The van der Waals surface area contributed by atoms with Gasteiger partial charge in [0.1, 0.15) is 0 Å². The average Bonchev–Trinajstić information content (AvgIpc) is 2.70. The van der Waals surface area contributed by atoms with Crippen molar-refractivity contribution in [1.82, 2.24) is 5.32 Å². The smallest absolute Gasteiger partial charge is 0.323 e. The monoisotopic (exact) mass is 448 g/mol. The Morgan fingerprint density at radius 1 is 0.967 bits per heavy atom. The first kappa shape index (κ1) is 22.2. The molecule has 0 unspecified atom stereocenters. The van der Waals surface area contributed by atoms with E-state index in [9.17, 15) is 9.59 Å². The lowest BCUT2D eigenvalue weighted by Crippen LogP contribution is -2.36. The van der Waals surface area contributed by atoms with E-state index < -0.39 is 6.03 Å². The summed E-state index contributed by atoms with van der Waals surface area (Å²) in [4.78, 5) is 27.2. The van der Waals surface area contributed by atoms with Crippen molar-refractivity contribution in [3.05, 3.63) is 52.0 Å². The molecule has 0 saturated heterocycles. The Kier molecular flexibility index (Phi) is 7.45. The van der Waals surface area contributed by atoms with Crippen LogP contribution >= 0.6 is 23.2 Å². The molecule has 1 aliphatic rings. The average molecular weight is 449 g/mol. The number of rotatable bonds is 5. The van der Waals surface area contributed by atoms with Gasteiger partial charge in [0.2, 0.25) is 0 Å². The van der Waals surface area contributed by atoms with Crippen LogP contribution in [0.1, 0.15) is 42.5 Å². The summed E-state index contributed by atoms with van der Waals surface area (Å²) in [5, 5.41) is 9.41. The van der Waals surface area contributed by atoms with Crippen LogP contribution in [0.4, 0.5) is 21.9 Å². The lowest BCUT2D eigenvalue weighted by atomic mass is 9.95. The fraction of sp³-hybridized carbons (Fsp3) is 0.364. The molecule has 2 aromatic rings. The number of urea groups is 1. The Labute approximate surface area is 186 Å². The number of nitrogens with one attached hydrogen (secondary N) is 3. The van der Waals surface area contributed by atoms with E-state index in [1.54, 1.807) is 30.3 Å². The Hall–Kier alpha value is -2.44. The number of nitrogens with zero attached hydrogens (tertiary/aromatic N) is 1. The first-order chi connectivity index (χ1) is 14.3. The van der Waals surface area contributed by atoms with Gasteiger partial charge in [0.25, 0.3) is 5.91 Å². The molecule has 8 heteroatoms. The van der Waals surface area contributed by atoms with E-state index in [1.807, 2.05) is 25.1 Å². The van der Waals surface area contributed by atoms with Gasteiger partial charge in [-0.3, -0.25) is 4.79 Å². The summed E-state index contributed by atoms with van der Waals surface area (Å²) in [6, 6.07) is 9.83. The highest BCUT2D eigenvalue weighted by molar-refractivity contribution is 6.36. The van der Waals surface area contributed by atoms with Gasteiger partial charge in [0, 0.05) is 36.5 Å². The van der Waals surface area contributed by atoms with E-state index in [1.165, 1.54) is 6.42 Å². The largest absolute Gasteiger partial charge is 0.377 e. The molecule has 6 nitrogen and oxygen atoms in total. The number of amides is 3. The van der Waals surface area contributed by atoms with Crippen molar-refractivity contribution >= 4 is 52.2 Å². The number of carbonyl (C=O) groups is 2. The van der Waals surface area contributed by atoms with E-state index in [-0.39, 0.29) is 11.9 Å². The van der Waals surface area contributed by atoms with Gasteiger partial charge in [0.05, 0.1) is 16.3 Å². The highest BCUT2D eigenvalue weighted by Gasteiger charge is 2.20. The van der Waals surface area contributed by atoms with Gasteiger partial charge in [-0.25, -0.2) is 4.79 Å². The van der Waals surface area contributed by atoms with Crippen LogP contribution in [0.2, 0.25) is 10.0 Å². The number of anilines is 3. The van der Waals surface area contributed by atoms with Crippen LogP contribution in [0.25, 0.3) is 0 Å². The van der Waals surface area contributed by atoms with Gasteiger partial charge in [0.15, 0.2) is 0 Å². The molecule has 2 aromatic carbocycles. The quantitative estimate of drug-likeness (QED) is 0.543. The predicted octanol–water partition coefficient (Wildman–Crippen LogP) is 5.77. The van der Waals surface area contributed by atoms with Crippen LogP contribution < -0.4 is 20.9 Å². The summed E-state index contributed by atoms with van der Waals surface area (Å²) >= 11 is 12.0. The maximum Gasteiger partial charge on any atom is 0.323 e. The second-order valence-electron chi connectivity index (χ2n) is 7.64. The molecule has 30 heavy (non-hydrogen) atoms. The molecule has 0 bridgehead atoms. The summed E-state index contributed by atoms with van der Waals surface area (Å²) in [5.41, 5.74) is 2.26. The molecule has 0 heterocycles. The maximum atomic E-state index is 12.9. The molecular weight excluding hydrogens is 423 g/mol. The third-order valence-corrected chi connectivity index (χ3v) is 5.65. The molecule has 1 aliphatic carbocycles. The van der Waals surface area contributed by atoms with Crippen molar-refractivity contribution in [3.63, 3.8) is 0 Å². The summed E-state index contributed by atoms with van der Waals surface area (Å²) in [6.45, 7) is 0. The van der Waals surface area contributed by atoms with E-state index in [0.717, 1.165) is 31.4 Å². The summed E-state index contributed by atoms with van der Waals surface area (Å²) in [7, 11) is 3.77. The minimum absolute atomic E-state index is 0.129. The molecule has 0 spiro atoms. The van der Waals surface area contributed by atoms with Crippen molar-refractivity contribution < 1.29 is 9.59 Å². The van der Waals surface area contributed by atoms with Crippen molar-refractivity contribution in [2.45, 2.75) is 38.1 Å². The third kappa shape index (κ3) is 5.80. The topological polar surface area (TPSA) is 73.5 Å². The number of hydrogen-bond acceptors (Lipinski definition) is 3. The normalized spacial score (nSPS) is 14.1. The van der Waals surface area contributed by atoms with Crippen LogP contribution in [-0.2, 0) is 0 Å². The zero-order valence-electron chi connectivity index (χ0n) is 17.1. The highest BCUT2D eigenvalue weighted by Crippen LogP contribution is 2.27. The van der Waals surface area contributed by atoms with Gasteiger partial charge in [-0.2, -0.15) is 0 Å². The second-order valence-corrected chi connectivity index (χ2v) is 8.48. The number of benzene rings is 2. The Balaban J connectivity index is 1.74. The van der Waals surface area contributed by atoms with Crippen molar-refractivity contribution in [1.29, 1.82) is 0 Å². The SMILES string of the molecule is CN(C)c1ccc(NC(=O)Nc2ccc(Cl)cc2Cl)cc1C(=O)NC1CCCCC1. The summed E-state index contributed by atoms with van der Waals surface area (Å²) < 4.78 is 0.